The molecule has 5 rings (SSSR count). The van der Waals surface area contributed by atoms with Crippen LogP contribution in [-0.2, 0) is 4.79 Å². The summed E-state index contributed by atoms with van der Waals surface area (Å²) < 4.78 is 0. The van der Waals surface area contributed by atoms with Crippen LogP contribution < -0.4 is 0 Å². The van der Waals surface area contributed by atoms with Crippen molar-refractivity contribution in [3.05, 3.63) is 11.6 Å². The molecular weight excluding hydrogens is 416 g/mol. The third-order valence-corrected chi connectivity index (χ3v) is 13.8. The Bertz CT molecular complexity index is 883. The summed E-state index contributed by atoms with van der Waals surface area (Å²) in [5, 5.41) is 9.60. The number of carboxylic acid groups (broad SMARTS) is 1. The van der Waals surface area contributed by atoms with E-state index in [0.717, 1.165) is 24.2 Å². The molecular formula is C32H52O2. The average molecular weight is 469 g/mol. The summed E-state index contributed by atoms with van der Waals surface area (Å²) in [6.45, 7) is 20.4. The van der Waals surface area contributed by atoms with Gasteiger partial charge in [0.15, 0.2) is 0 Å². The zero-order chi connectivity index (χ0) is 24.9. The highest BCUT2D eigenvalue weighted by Crippen LogP contribution is 2.77. The Morgan fingerprint density at radius 3 is 2.26 bits per heavy atom. The lowest BCUT2D eigenvalue weighted by Gasteiger charge is -2.73. The van der Waals surface area contributed by atoms with Gasteiger partial charge in [-0.2, -0.15) is 0 Å². The van der Waals surface area contributed by atoms with Crippen LogP contribution in [0.3, 0.4) is 0 Å². The molecule has 0 bridgehead atoms. The summed E-state index contributed by atoms with van der Waals surface area (Å²) in [7, 11) is 0. The molecule has 4 saturated carbocycles. The van der Waals surface area contributed by atoms with Crippen LogP contribution in [0, 0.1) is 62.6 Å². The summed E-state index contributed by atoms with van der Waals surface area (Å²) in [6, 6.07) is 0. The predicted octanol–water partition coefficient (Wildman–Crippen LogP) is 8.75. The van der Waals surface area contributed by atoms with Gasteiger partial charge in [-0.3, -0.25) is 4.79 Å². The third-order valence-electron chi connectivity index (χ3n) is 13.8. The van der Waals surface area contributed by atoms with Gasteiger partial charge in [-0.15, -0.1) is 0 Å². The Hall–Kier alpha value is -0.790. The van der Waals surface area contributed by atoms with E-state index in [1.807, 2.05) is 0 Å². The van der Waals surface area contributed by atoms with Crippen molar-refractivity contribution in [2.75, 3.05) is 0 Å². The van der Waals surface area contributed by atoms with E-state index in [1.165, 1.54) is 51.4 Å². The summed E-state index contributed by atoms with van der Waals surface area (Å²) >= 11 is 0. The quantitative estimate of drug-likeness (QED) is 0.420. The normalized spacial score (nSPS) is 51.7. The minimum absolute atomic E-state index is 0.120. The first kappa shape index (κ1) is 24.9. The van der Waals surface area contributed by atoms with E-state index in [1.54, 1.807) is 5.57 Å². The van der Waals surface area contributed by atoms with Crippen molar-refractivity contribution >= 4 is 5.97 Å². The van der Waals surface area contributed by atoms with Gasteiger partial charge >= 0.3 is 5.97 Å². The van der Waals surface area contributed by atoms with E-state index >= 15 is 0 Å². The largest absolute Gasteiger partial charge is 0.481 e. The maximum absolute atomic E-state index is 11.7. The highest BCUT2D eigenvalue weighted by Gasteiger charge is 2.69. The third kappa shape index (κ3) is 3.08. The van der Waals surface area contributed by atoms with Gasteiger partial charge in [0.2, 0.25) is 0 Å². The molecule has 0 unspecified atom stereocenters. The maximum atomic E-state index is 11.7. The van der Waals surface area contributed by atoms with E-state index in [-0.39, 0.29) is 5.41 Å². The smallest absolute Gasteiger partial charge is 0.303 e. The van der Waals surface area contributed by atoms with Crippen molar-refractivity contribution in [1.82, 2.24) is 0 Å². The van der Waals surface area contributed by atoms with Gasteiger partial charge in [0.05, 0.1) is 0 Å². The van der Waals surface area contributed by atoms with Crippen molar-refractivity contribution in [2.24, 2.45) is 62.6 Å². The lowest BCUT2D eigenvalue weighted by molar-refractivity contribution is -0.238. The van der Waals surface area contributed by atoms with Crippen LogP contribution in [0.5, 0.6) is 0 Å². The van der Waals surface area contributed by atoms with Gasteiger partial charge in [-0.25, -0.2) is 0 Å². The highest BCUT2D eigenvalue weighted by atomic mass is 16.4. The molecule has 0 aromatic heterocycles. The number of rotatable bonds is 3. The first-order chi connectivity index (χ1) is 15.7. The Labute approximate surface area is 209 Å². The summed E-state index contributed by atoms with van der Waals surface area (Å²) in [4.78, 5) is 11.7. The second-order valence-electron chi connectivity index (χ2n) is 15.5. The van der Waals surface area contributed by atoms with Crippen molar-refractivity contribution in [3.8, 4) is 0 Å². The molecule has 5 aliphatic rings. The van der Waals surface area contributed by atoms with Crippen LogP contribution in [0.4, 0.5) is 0 Å². The van der Waals surface area contributed by atoms with Gasteiger partial charge in [0.25, 0.3) is 0 Å². The highest BCUT2D eigenvalue weighted by molar-refractivity contribution is 5.67. The van der Waals surface area contributed by atoms with E-state index in [4.69, 9.17) is 0 Å². The standard InChI is InChI=1S/C32H52O2/c1-20(2)22-12-14-29(5)17-18-31(7)23(27(22)29)9-10-25-30(6)15-11-21(19-26(33)34)28(3,4)24(30)13-16-32(25,31)8/h12,20-21,23-25,27H,9-11,13-19H2,1-8H3,(H,33,34)/t21-,23-,24+,25-,27-,29-,30+,31-,32-/m1/s1. The molecule has 0 heterocycles. The van der Waals surface area contributed by atoms with Crippen molar-refractivity contribution in [1.29, 1.82) is 0 Å². The SMILES string of the molecule is CC(C)C1=CC[C@]2(C)CC[C@]3(C)[C@H](CC[C@@H]4[C@@]5(C)CC[C@H](CC(=O)O)C(C)(C)[C@@H]5CC[C@]43C)[C@@H]12. The van der Waals surface area contributed by atoms with Gasteiger partial charge in [0, 0.05) is 6.42 Å². The molecule has 192 valence electrons. The van der Waals surface area contributed by atoms with Gasteiger partial charge in [-0.1, -0.05) is 67.0 Å². The van der Waals surface area contributed by atoms with Crippen molar-refractivity contribution in [3.63, 3.8) is 0 Å². The fourth-order valence-electron chi connectivity index (χ4n) is 11.8. The Morgan fingerprint density at radius 2 is 1.62 bits per heavy atom. The minimum atomic E-state index is -0.605. The number of aliphatic carboxylic acids is 1. The lowest BCUT2D eigenvalue weighted by Crippen LogP contribution is -2.66. The van der Waals surface area contributed by atoms with Crippen molar-refractivity contribution in [2.45, 2.75) is 120 Å². The van der Waals surface area contributed by atoms with E-state index in [0.29, 0.717) is 45.8 Å². The average Bonchev–Trinajstić information content (AvgIpc) is 3.08. The number of fused-ring (bicyclic) bond motifs is 7. The van der Waals surface area contributed by atoms with Gasteiger partial charge < -0.3 is 5.11 Å². The van der Waals surface area contributed by atoms with Crippen molar-refractivity contribution < 1.29 is 9.90 Å². The van der Waals surface area contributed by atoms with Crippen LogP contribution in [0.2, 0.25) is 0 Å². The molecule has 2 nitrogen and oxygen atoms in total. The first-order valence-electron chi connectivity index (χ1n) is 14.6. The molecule has 0 radical (unpaired) electrons. The number of carbonyl (C=O) groups is 1. The number of carboxylic acids is 1. The van der Waals surface area contributed by atoms with Crippen LogP contribution in [-0.4, -0.2) is 11.1 Å². The van der Waals surface area contributed by atoms with Gasteiger partial charge in [0.1, 0.15) is 0 Å². The second-order valence-corrected chi connectivity index (χ2v) is 15.5. The molecule has 34 heavy (non-hydrogen) atoms. The Kier molecular flexibility index (Phi) is 5.57. The Balaban J connectivity index is 1.50. The summed E-state index contributed by atoms with van der Waals surface area (Å²) in [5.74, 6) is 3.46. The fraction of sp³-hybridized carbons (Fsp3) is 0.906. The zero-order valence-corrected chi connectivity index (χ0v) is 23.5. The van der Waals surface area contributed by atoms with Crippen LogP contribution >= 0.6 is 0 Å². The molecule has 5 aliphatic carbocycles. The molecule has 0 aromatic carbocycles. The minimum Gasteiger partial charge on any atom is -0.481 e. The van der Waals surface area contributed by atoms with Crippen LogP contribution in [0.25, 0.3) is 0 Å². The zero-order valence-electron chi connectivity index (χ0n) is 23.5. The summed E-state index contributed by atoms with van der Waals surface area (Å²) in [5.41, 5.74) is 3.58. The molecule has 4 fully saturated rings. The molecule has 0 aliphatic heterocycles. The molecule has 1 N–H and O–H groups in total. The molecule has 9 atom stereocenters. The Morgan fingerprint density at radius 1 is 0.912 bits per heavy atom. The predicted molar refractivity (Wildman–Crippen MR) is 140 cm³/mol. The molecule has 2 heteroatoms. The monoisotopic (exact) mass is 468 g/mol. The molecule has 0 spiro atoms. The number of hydrogen-bond donors (Lipinski definition) is 1. The lowest BCUT2D eigenvalue weighted by atomic mass is 9.32. The van der Waals surface area contributed by atoms with E-state index in [2.05, 4.69) is 61.5 Å². The van der Waals surface area contributed by atoms with E-state index in [9.17, 15) is 9.90 Å². The van der Waals surface area contributed by atoms with Gasteiger partial charge in [-0.05, 0) is 120 Å². The first-order valence-corrected chi connectivity index (χ1v) is 14.6. The molecule has 0 saturated heterocycles. The number of hydrogen-bond acceptors (Lipinski definition) is 1. The van der Waals surface area contributed by atoms with Crippen LogP contribution in [0.1, 0.15) is 120 Å². The summed E-state index contributed by atoms with van der Waals surface area (Å²) in [6.07, 6.45) is 14.9. The second kappa shape index (κ2) is 7.61. The topological polar surface area (TPSA) is 37.3 Å². The van der Waals surface area contributed by atoms with E-state index < -0.39 is 5.97 Å². The van der Waals surface area contributed by atoms with Crippen LogP contribution in [0.15, 0.2) is 11.6 Å². The molecule has 0 aromatic rings. The molecule has 0 amide bonds. The number of allylic oxidation sites excluding steroid dienone is 2. The maximum Gasteiger partial charge on any atom is 0.303 e. The fourth-order valence-corrected chi connectivity index (χ4v) is 11.8.